The van der Waals surface area contributed by atoms with Crippen LogP contribution in [0.3, 0.4) is 0 Å². The lowest BCUT2D eigenvalue weighted by molar-refractivity contribution is -0.139. The Hall–Kier alpha value is -2.64. The molecule has 8 rings (SSSR count). The Morgan fingerprint density at radius 2 is 1.82 bits per heavy atom. The number of nitrogens with one attached hydrogen (secondary N) is 1. The fourth-order valence-electron chi connectivity index (χ4n) is 8.57. The zero-order valence-electron chi connectivity index (χ0n) is 19.2. The third kappa shape index (κ3) is 2.13. The highest BCUT2D eigenvalue weighted by atomic mass is 32.2. The number of sulfone groups is 1. The minimum absolute atomic E-state index is 0.167. The Bertz CT molecular complexity index is 1360. The van der Waals surface area contributed by atoms with Crippen LogP contribution in [-0.4, -0.2) is 56.3 Å². The van der Waals surface area contributed by atoms with E-state index in [1.54, 1.807) is 24.3 Å². The fraction of sp³-hybridized carbons (Fsp3) is 0.444. The summed E-state index contributed by atoms with van der Waals surface area (Å²) in [7, 11) is -2.37. The second-order valence-corrected chi connectivity index (χ2v) is 12.7. The number of ether oxygens (including phenoxy) is 1. The molecule has 2 bridgehead atoms. The van der Waals surface area contributed by atoms with Gasteiger partial charge in [0.15, 0.2) is 9.84 Å². The summed E-state index contributed by atoms with van der Waals surface area (Å²) >= 11 is 0. The summed E-state index contributed by atoms with van der Waals surface area (Å²) in [5.41, 5.74) is 0.629. The van der Waals surface area contributed by atoms with Gasteiger partial charge in [-0.3, -0.25) is 4.90 Å². The van der Waals surface area contributed by atoms with E-state index < -0.39 is 32.0 Å². The Kier molecular flexibility index (Phi) is 3.97. The van der Waals surface area contributed by atoms with Crippen molar-refractivity contribution in [3.63, 3.8) is 0 Å². The quantitative estimate of drug-likeness (QED) is 0.685. The van der Waals surface area contributed by atoms with Gasteiger partial charge in [0.2, 0.25) is 0 Å². The van der Waals surface area contributed by atoms with Gasteiger partial charge in [-0.1, -0.05) is 42.5 Å². The topological polar surface area (TPSA) is 75.7 Å². The van der Waals surface area contributed by atoms with E-state index >= 15 is 0 Å². The van der Waals surface area contributed by atoms with Gasteiger partial charge in [-0.2, -0.15) is 0 Å². The molecule has 6 aliphatic rings. The molecule has 6 nitrogen and oxygen atoms in total. The molecular formula is C27H28N2O4S. The second-order valence-electron chi connectivity index (χ2n) is 10.6. The van der Waals surface area contributed by atoms with Crippen molar-refractivity contribution in [1.29, 1.82) is 0 Å². The number of para-hydroxylation sites is 1. The third-order valence-electron chi connectivity index (χ3n) is 9.46. The monoisotopic (exact) mass is 476 g/mol. The van der Waals surface area contributed by atoms with Gasteiger partial charge in [-0.25, -0.2) is 13.2 Å². The summed E-state index contributed by atoms with van der Waals surface area (Å²) < 4.78 is 34.2. The SMILES string of the molecule is COC(=O)C1=C[C@@]23CCCN4CC[C@@]5(c6ccccc6N[C@]15C(S(=O)(=O)c1ccccc1)C2)[C@@H]43. The van der Waals surface area contributed by atoms with Gasteiger partial charge in [0.25, 0.3) is 0 Å². The number of fused-ring (bicyclic) bond motifs is 2. The highest BCUT2D eigenvalue weighted by molar-refractivity contribution is 7.92. The molecule has 5 atom stereocenters. The summed E-state index contributed by atoms with van der Waals surface area (Å²) in [6.45, 7) is 1.93. The first-order valence-corrected chi connectivity index (χ1v) is 13.7. The number of methoxy groups -OCH3 is 1. The lowest BCUT2D eigenvalue weighted by Gasteiger charge is -2.67. The zero-order chi connectivity index (χ0) is 23.3. The molecule has 7 heteroatoms. The first-order chi connectivity index (χ1) is 16.4. The molecule has 3 heterocycles. The van der Waals surface area contributed by atoms with Crippen molar-refractivity contribution >= 4 is 21.5 Å². The molecule has 3 fully saturated rings. The number of hydrogen-bond donors (Lipinski definition) is 1. The van der Waals surface area contributed by atoms with Gasteiger partial charge < -0.3 is 10.1 Å². The summed E-state index contributed by atoms with van der Waals surface area (Å²) in [5.74, 6) is -0.422. The molecule has 2 aromatic rings. The lowest BCUT2D eigenvalue weighted by Crippen LogP contribution is -2.78. The summed E-state index contributed by atoms with van der Waals surface area (Å²) in [5, 5.41) is 2.93. The van der Waals surface area contributed by atoms with Crippen LogP contribution in [0.2, 0.25) is 0 Å². The van der Waals surface area contributed by atoms with Crippen LogP contribution >= 0.6 is 0 Å². The van der Waals surface area contributed by atoms with Crippen LogP contribution in [0.1, 0.15) is 31.2 Å². The molecule has 3 aliphatic heterocycles. The molecule has 176 valence electrons. The van der Waals surface area contributed by atoms with Gasteiger partial charge >= 0.3 is 5.97 Å². The minimum atomic E-state index is -3.76. The number of carbonyl (C=O) groups excluding carboxylic acids is 1. The maximum Gasteiger partial charge on any atom is 0.335 e. The molecule has 1 N–H and O–H groups in total. The van der Waals surface area contributed by atoms with Crippen molar-refractivity contribution in [2.75, 3.05) is 25.5 Å². The van der Waals surface area contributed by atoms with E-state index in [0.29, 0.717) is 16.9 Å². The number of anilines is 1. The van der Waals surface area contributed by atoms with Gasteiger partial charge in [0, 0.05) is 22.6 Å². The average molecular weight is 477 g/mol. The summed E-state index contributed by atoms with van der Waals surface area (Å²) in [4.78, 5) is 16.3. The maximum atomic E-state index is 14.4. The molecule has 3 spiro atoms. The van der Waals surface area contributed by atoms with E-state index in [-0.39, 0.29) is 11.5 Å². The van der Waals surface area contributed by atoms with Crippen LogP contribution in [-0.2, 0) is 24.8 Å². The lowest BCUT2D eigenvalue weighted by atomic mass is 9.42. The standard InChI is InChI=1S/C27H28N2O4S/c1-33-23(30)20-16-25-12-7-14-29-15-13-26(24(25)29)19-10-5-6-11-21(19)28-27(20,26)22(17-25)34(31,32)18-8-3-2-4-9-18/h2-6,8-11,16,22,24,28H,7,12-15,17H2,1H3/t22?,24-,25-,26+,27-/m0/s1. The largest absolute Gasteiger partial charge is 0.466 e. The second kappa shape index (κ2) is 6.52. The molecule has 34 heavy (non-hydrogen) atoms. The van der Waals surface area contributed by atoms with E-state index in [9.17, 15) is 13.2 Å². The van der Waals surface area contributed by atoms with Gasteiger partial charge in [0.05, 0.1) is 28.4 Å². The number of benzene rings is 2. The predicted molar refractivity (Wildman–Crippen MR) is 128 cm³/mol. The van der Waals surface area contributed by atoms with E-state index in [1.807, 2.05) is 24.3 Å². The summed E-state index contributed by atoms with van der Waals surface area (Å²) in [6, 6.07) is 17.1. The number of nitrogens with zero attached hydrogens (tertiary/aromatic N) is 1. The van der Waals surface area contributed by atoms with E-state index in [1.165, 1.54) is 7.11 Å². The predicted octanol–water partition coefficient (Wildman–Crippen LogP) is 3.30. The molecule has 3 aliphatic carbocycles. The fourth-order valence-corrected chi connectivity index (χ4v) is 10.8. The molecular weight excluding hydrogens is 448 g/mol. The summed E-state index contributed by atoms with van der Waals surface area (Å²) in [6.07, 6.45) is 5.33. The third-order valence-corrected chi connectivity index (χ3v) is 11.7. The molecule has 1 unspecified atom stereocenters. The maximum absolute atomic E-state index is 14.4. The van der Waals surface area contributed by atoms with Crippen LogP contribution in [0.4, 0.5) is 5.69 Å². The van der Waals surface area contributed by atoms with Gasteiger partial charge in [-0.05, 0) is 62.5 Å². The molecule has 2 saturated heterocycles. The van der Waals surface area contributed by atoms with Gasteiger partial charge in [0.1, 0.15) is 0 Å². The molecule has 0 radical (unpaired) electrons. The van der Waals surface area contributed by atoms with E-state index in [4.69, 9.17) is 4.74 Å². The number of hydrogen-bond acceptors (Lipinski definition) is 6. The normalized spacial score (nSPS) is 37.3. The van der Waals surface area contributed by atoms with Crippen molar-refractivity contribution < 1.29 is 17.9 Å². The first-order valence-electron chi connectivity index (χ1n) is 12.1. The minimum Gasteiger partial charge on any atom is -0.466 e. The Morgan fingerprint density at radius 3 is 2.62 bits per heavy atom. The van der Waals surface area contributed by atoms with Crippen LogP contribution < -0.4 is 5.32 Å². The highest BCUT2D eigenvalue weighted by Gasteiger charge is 2.81. The van der Waals surface area contributed by atoms with Crippen molar-refractivity contribution in [3.05, 3.63) is 71.8 Å². The Labute approximate surface area is 199 Å². The first kappa shape index (κ1) is 20.7. The number of esters is 1. The number of carbonyl (C=O) groups is 1. The Morgan fingerprint density at radius 1 is 1.06 bits per heavy atom. The molecule has 0 aromatic heterocycles. The Balaban J connectivity index is 1.58. The van der Waals surface area contributed by atoms with Crippen LogP contribution in [0.5, 0.6) is 0 Å². The molecule has 0 amide bonds. The zero-order valence-corrected chi connectivity index (χ0v) is 20.0. The number of rotatable bonds is 3. The van der Waals surface area contributed by atoms with Crippen molar-refractivity contribution in [2.45, 2.75) is 52.8 Å². The van der Waals surface area contributed by atoms with E-state index in [2.05, 4.69) is 22.4 Å². The smallest absolute Gasteiger partial charge is 0.335 e. The van der Waals surface area contributed by atoms with Crippen molar-refractivity contribution in [2.24, 2.45) is 5.41 Å². The number of piperidine rings is 1. The van der Waals surface area contributed by atoms with Gasteiger partial charge in [-0.15, -0.1) is 0 Å². The average Bonchev–Trinajstić information content (AvgIpc) is 3.41. The van der Waals surface area contributed by atoms with Crippen LogP contribution in [0.15, 0.2) is 71.1 Å². The van der Waals surface area contributed by atoms with Crippen molar-refractivity contribution in [3.8, 4) is 0 Å². The van der Waals surface area contributed by atoms with Crippen LogP contribution in [0.25, 0.3) is 0 Å². The molecule has 1 saturated carbocycles. The van der Waals surface area contributed by atoms with Crippen LogP contribution in [0, 0.1) is 5.41 Å². The van der Waals surface area contributed by atoms with E-state index in [0.717, 1.165) is 43.6 Å². The van der Waals surface area contributed by atoms with Crippen molar-refractivity contribution in [1.82, 2.24) is 4.90 Å². The highest BCUT2D eigenvalue weighted by Crippen LogP contribution is 2.73. The molecule has 2 aromatic carbocycles.